The van der Waals surface area contributed by atoms with Gasteiger partial charge in [0.15, 0.2) is 12.4 Å². The van der Waals surface area contributed by atoms with Crippen LogP contribution < -0.4 is 4.74 Å². The van der Waals surface area contributed by atoms with Gasteiger partial charge in [-0.25, -0.2) is 4.79 Å². The Labute approximate surface area is 162 Å². The zero-order chi connectivity index (χ0) is 18.7. The fourth-order valence-electron chi connectivity index (χ4n) is 2.07. The molecule has 2 amide bonds. The van der Waals surface area contributed by atoms with E-state index in [1.165, 1.54) is 12.0 Å². The van der Waals surface area contributed by atoms with E-state index in [0.29, 0.717) is 20.7 Å². The third-order valence-corrected chi connectivity index (χ3v) is 4.97. The van der Waals surface area contributed by atoms with Gasteiger partial charge in [-0.15, -0.1) is 0 Å². The Morgan fingerprint density at radius 3 is 2.60 bits per heavy atom. The summed E-state index contributed by atoms with van der Waals surface area (Å²) in [7, 11) is 1.26. The highest BCUT2D eigenvalue weighted by Gasteiger charge is 2.36. The minimum absolute atomic E-state index is 0.206. The van der Waals surface area contributed by atoms with Gasteiger partial charge in [0.05, 0.1) is 21.5 Å². The third kappa shape index (κ3) is 4.56. The molecule has 9 heteroatoms. The quantitative estimate of drug-likeness (QED) is 0.499. The molecule has 0 aliphatic carbocycles. The van der Waals surface area contributed by atoms with Gasteiger partial charge in [-0.05, 0) is 65.3 Å². The summed E-state index contributed by atoms with van der Waals surface area (Å²) in [5, 5.41) is -0.0398. The van der Waals surface area contributed by atoms with E-state index in [0.717, 1.165) is 11.8 Å². The lowest BCUT2D eigenvalue weighted by atomic mass is 10.2. The molecule has 1 fully saturated rings. The topological polar surface area (TPSA) is 72.9 Å². The molecule has 0 radical (unpaired) electrons. The third-order valence-electron chi connectivity index (χ3n) is 3.22. The van der Waals surface area contributed by atoms with Gasteiger partial charge in [-0.3, -0.25) is 14.5 Å². The number of thioether (sulfide) groups is 1. The first kappa shape index (κ1) is 19.8. The lowest BCUT2D eigenvalue weighted by Gasteiger charge is -2.16. The maximum atomic E-state index is 12.3. The first-order chi connectivity index (χ1) is 11.7. The number of methoxy groups -OCH3 is 1. The van der Waals surface area contributed by atoms with Gasteiger partial charge < -0.3 is 9.47 Å². The Hall–Kier alpha value is -1.51. The number of hydrogen-bond donors (Lipinski definition) is 0. The fraction of sp³-hybridized carbons (Fsp3) is 0.312. The zero-order valence-corrected chi connectivity index (χ0v) is 16.8. The van der Waals surface area contributed by atoms with Crippen molar-refractivity contribution in [2.45, 2.75) is 19.9 Å². The number of ether oxygens (including phenoxy) is 2. The van der Waals surface area contributed by atoms with Gasteiger partial charge in [0.1, 0.15) is 0 Å². The van der Waals surface area contributed by atoms with E-state index >= 15 is 0 Å². The monoisotopic (exact) mass is 447 g/mol. The fourth-order valence-corrected chi connectivity index (χ4v) is 4.02. The van der Waals surface area contributed by atoms with Crippen LogP contribution in [0.15, 0.2) is 21.5 Å². The number of carbonyl (C=O) groups excluding carboxylic acids is 3. The molecule has 0 N–H and O–H groups in total. The van der Waals surface area contributed by atoms with Crippen LogP contribution in [0.3, 0.4) is 0 Å². The maximum Gasteiger partial charge on any atom is 0.343 e. The Morgan fingerprint density at radius 2 is 2.08 bits per heavy atom. The Balaban J connectivity index is 2.26. The van der Waals surface area contributed by atoms with Crippen LogP contribution in [-0.4, -0.2) is 41.8 Å². The molecule has 1 saturated heterocycles. The molecule has 0 bridgehead atoms. The molecule has 0 saturated carbocycles. The molecule has 2 rings (SSSR count). The van der Waals surface area contributed by atoms with Crippen LogP contribution in [0.5, 0.6) is 5.75 Å². The molecule has 0 atom stereocenters. The molecule has 0 aromatic heterocycles. The van der Waals surface area contributed by atoms with Crippen molar-refractivity contribution in [3.8, 4) is 5.75 Å². The van der Waals surface area contributed by atoms with Crippen molar-refractivity contribution < 1.29 is 23.9 Å². The Morgan fingerprint density at radius 1 is 1.40 bits per heavy atom. The minimum Gasteiger partial charge on any atom is -0.479 e. The largest absolute Gasteiger partial charge is 0.479 e. The molecule has 0 unspecified atom stereocenters. The van der Waals surface area contributed by atoms with E-state index in [-0.39, 0.29) is 28.8 Å². The predicted molar refractivity (Wildman–Crippen MR) is 99.6 cm³/mol. The van der Waals surface area contributed by atoms with Crippen molar-refractivity contribution in [1.29, 1.82) is 0 Å². The first-order valence-corrected chi connectivity index (χ1v) is 9.19. The van der Waals surface area contributed by atoms with Crippen molar-refractivity contribution in [3.63, 3.8) is 0 Å². The number of benzene rings is 1. The van der Waals surface area contributed by atoms with Crippen LogP contribution in [0.1, 0.15) is 19.4 Å². The van der Waals surface area contributed by atoms with Crippen LogP contribution in [0.4, 0.5) is 4.79 Å². The highest BCUT2D eigenvalue weighted by Crippen LogP contribution is 2.38. The van der Waals surface area contributed by atoms with Gasteiger partial charge in [0, 0.05) is 6.04 Å². The van der Waals surface area contributed by atoms with Gasteiger partial charge >= 0.3 is 5.97 Å². The molecule has 25 heavy (non-hydrogen) atoms. The van der Waals surface area contributed by atoms with E-state index in [4.69, 9.17) is 16.3 Å². The second kappa shape index (κ2) is 8.25. The Bertz CT molecular complexity index is 742. The van der Waals surface area contributed by atoms with Crippen LogP contribution in [0.2, 0.25) is 5.02 Å². The van der Waals surface area contributed by atoms with Crippen molar-refractivity contribution >= 4 is 62.5 Å². The highest BCUT2D eigenvalue weighted by atomic mass is 79.9. The summed E-state index contributed by atoms with van der Waals surface area (Å²) < 4.78 is 10.3. The van der Waals surface area contributed by atoms with Crippen LogP contribution in [0, 0.1) is 0 Å². The number of halogens is 2. The molecule has 1 aliphatic rings. The van der Waals surface area contributed by atoms with Gasteiger partial charge in [0.2, 0.25) is 0 Å². The highest BCUT2D eigenvalue weighted by molar-refractivity contribution is 9.10. The summed E-state index contributed by atoms with van der Waals surface area (Å²) in [4.78, 5) is 36.9. The summed E-state index contributed by atoms with van der Waals surface area (Å²) in [5.41, 5.74) is 0.622. The average Bonchev–Trinajstić information content (AvgIpc) is 2.80. The standard InChI is InChI=1S/C16H15BrClNO5S/c1-8(2)19-15(21)12(25-16(19)22)6-9-4-10(17)14(11(18)5-9)24-7-13(20)23-3/h4-6,8H,7H2,1-3H3/b12-6+. The number of nitrogens with zero attached hydrogens (tertiary/aromatic N) is 1. The Kier molecular flexibility index (Phi) is 6.53. The van der Waals surface area contributed by atoms with E-state index < -0.39 is 5.97 Å². The van der Waals surface area contributed by atoms with E-state index in [1.54, 1.807) is 32.1 Å². The van der Waals surface area contributed by atoms with Crippen LogP contribution >= 0.6 is 39.3 Å². The normalized spacial score (nSPS) is 16.1. The second-order valence-corrected chi connectivity index (χ2v) is 7.58. The number of imide groups is 1. The van der Waals surface area contributed by atoms with Gasteiger partial charge in [-0.1, -0.05) is 11.6 Å². The van der Waals surface area contributed by atoms with Crippen LogP contribution in [-0.2, 0) is 14.3 Å². The number of carbonyl (C=O) groups is 3. The van der Waals surface area contributed by atoms with Crippen molar-refractivity contribution in [3.05, 3.63) is 32.1 Å². The van der Waals surface area contributed by atoms with Gasteiger partial charge in [0.25, 0.3) is 11.1 Å². The smallest absolute Gasteiger partial charge is 0.343 e. The number of hydrogen-bond acceptors (Lipinski definition) is 6. The molecule has 0 spiro atoms. The molecule has 6 nitrogen and oxygen atoms in total. The predicted octanol–water partition coefficient (Wildman–Crippen LogP) is 4.10. The van der Waals surface area contributed by atoms with Crippen molar-refractivity contribution in [2.75, 3.05) is 13.7 Å². The number of esters is 1. The first-order valence-electron chi connectivity index (χ1n) is 7.20. The number of amides is 2. The molecular formula is C16H15BrClNO5S. The summed E-state index contributed by atoms with van der Waals surface area (Å²) in [6, 6.07) is 3.06. The molecular weight excluding hydrogens is 434 g/mol. The summed E-state index contributed by atoms with van der Waals surface area (Å²) in [5.74, 6) is -0.572. The van der Waals surface area contributed by atoms with E-state index in [9.17, 15) is 14.4 Å². The molecule has 1 aromatic carbocycles. The SMILES string of the molecule is COC(=O)COc1c(Cl)cc(/C=C2/SC(=O)N(C(C)C)C2=O)cc1Br. The van der Waals surface area contributed by atoms with Gasteiger partial charge in [-0.2, -0.15) is 0 Å². The summed E-state index contributed by atoms with van der Waals surface area (Å²) in [6.45, 7) is 3.28. The van der Waals surface area contributed by atoms with E-state index in [1.807, 2.05) is 0 Å². The molecule has 1 aliphatic heterocycles. The lowest BCUT2D eigenvalue weighted by molar-refractivity contribution is -0.142. The lowest BCUT2D eigenvalue weighted by Crippen LogP contribution is -2.34. The number of rotatable bonds is 5. The molecule has 134 valence electrons. The average molecular weight is 449 g/mol. The summed E-state index contributed by atoms with van der Waals surface area (Å²) >= 11 is 10.4. The van der Waals surface area contributed by atoms with Crippen molar-refractivity contribution in [2.24, 2.45) is 0 Å². The molecule has 1 heterocycles. The zero-order valence-electron chi connectivity index (χ0n) is 13.7. The second-order valence-electron chi connectivity index (χ2n) is 5.32. The van der Waals surface area contributed by atoms with E-state index in [2.05, 4.69) is 20.7 Å². The van der Waals surface area contributed by atoms with Crippen molar-refractivity contribution in [1.82, 2.24) is 4.90 Å². The maximum absolute atomic E-state index is 12.3. The molecule has 1 aromatic rings. The van der Waals surface area contributed by atoms with Crippen LogP contribution in [0.25, 0.3) is 6.08 Å². The summed E-state index contributed by atoms with van der Waals surface area (Å²) in [6.07, 6.45) is 1.59. The minimum atomic E-state index is -0.533.